The highest BCUT2D eigenvalue weighted by Gasteiger charge is 2.60. The summed E-state index contributed by atoms with van der Waals surface area (Å²) >= 11 is 0. The van der Waals surface area contributed by atoms with Crippen LogP contribution in [0.25, 0.3) is 0 Å². The molecule has 0 radical (unpaired) electrons. The molecule has 0 aromatic rings. The third-order valence-corrected chi connectivity index (χ3v) is 11.0. The molecule has 0 heterocycles. The lowest BCUT2D eigenvalue weighted by molar-refractivity contribution is -0.141. The predicted molar refractivity (Wildman–Crippen MR) is 126 cm³/mol. The minimum absolute atomic E-state index is 0.0435. The molecule has 0 aliphatic heterocycles. The number of hydrogen-bond acceptors (Lipinski definition) is 4. The van der Waals surface area contributed by atoms with Gasteiger partial charge in [-0.25, -0.2) is 0 Å². The van der Waals surface area contributed by atoms with Gasteiger partial charge in [0.25, 0.3) is 0 Å². The summed E-state index contributed by atoms with van der Waals surface area (Å²) in [6.07, 6.45) is 14.2. The molecule has 0 amide bonds. The van der Waals surface area contributed by atoms with E-state index in [9.17, 15) is 4.79 Å². The van der Waals surface area contributed by atoms with Crippen molar-refractivity contribution in [2.75, 3.05) is 20.2 Å². The molecule has 4 fully saturated rings. The molecule has 9 atom stereocenters. The van der Waals surface area contributed by atoms with Gasteiger partial charge in [0.1, 0.15) is 0 Å². The minimum atomic E-state index is -0.0435. The van der Waals surface area contributed by atoms with Crippen molar-refractivity contribution in [1.82, 2.24) is 5.32 Å². The van der Waals surface area contributed by atoms with Crippen LogP contribution in [0.15, 0.2) is 0 Å². The average molecular weight is 433 g/mol. The summed E-state index contributed by atoms with van der Waals surface area (Å²) in [6.45, 7) is 9.42. The van der Waals surface area contributed by atoms with Crippen LogP contribution in [0.2, 0.25) is 0 Å². The van der Waals surface area contributed by atoms with Crippen molar-refractivity contribution in [3.8, 4) is 0 Å². The molecule has 4 rings (SSSR count). The molecule has 3 N–H and O–H groups in total. The Balaban J connectivity index is 1.43. The van der Waals surface area contributed by atoms with Gasteiger partial charge in [0.15, 0.2) is 0 Å². The van der Waals surface area contributed by atoms with E-state index in [1.165, 1.54) is 64.9 Å². The monoisotopic (exact) mass is 432 g/mol. The van der Waals surface area contributed by atoms with Crippen molar-refractivity contribution in [2.24, 2.45) is 52.1 Å². The quantitative estimate of drug-likeness (QED) is 0.546. The van der Waals surface area contributed by atoms with Gasteiger partial charge in [-0.05, 0) is 111 Å². The molecular weight excluding hydrogens is 384 g/mol. The van der Waals surface area contributed by atoms with Gasteiger partial charge in [-0.1, -0.05) is 20.8 Å². The fourth-order valence-corrected chi connectivity index (χ4v) is 9.35. The molecule has 178 valence electrons. The van der Waals surface area contributed by atoms with E-state index >= 15 is 0 Å². The molecule has 4 nitrogen and oxygen atoms in total. The summed E-state index contributed by atoms with van der Waals surface area (Å²) in [5.74, 6) is 5.04. The van der Waals surface area contributed by atoms with Gasteiger partial charge in [-0.2, -0.15) is 0 Å². The number of nitrogens with two attached hydrogens (primary N) is 1. The highest BCUT2D eigenvalue weighted by atomic mass is 16.5. The van der Waals surface area contributed by atoms with E-state index in [-0.39, 0.29) is 5.97 Å². The Morgan fingerprint density at radius 3 is 2.55 bits per heavy atom. The van der Waals surface area contributed by atoms with Crippen LogP contribution in [-0.4, -0.2) is 32.2 Å². The Morgan fingerprint density at radius 2 is 1.81 bits per heavy atom. The van der Waals surface area contributed by atoms with Crippen LogP contribution >= 0.6 is 0 Å². The van der Waals surface area contributed by atoms with Crippen molar-refractivity contribution in [3.63, 3.8) is 0 Å². The van der Waals surface area contributed by atoms with E-state index in [1.807, 2.05) is 0 Å². The van der Waals surface area contributed by atoms with Crippen molar-refractivity contribution in [3.05, 3.63) is 0 Å². The summed E-state index contributed by atoms with van der Waals surface area (Å²) in [4.78, 5) is 11.7. The van der Waals surface area contributed by atoms with E-state index < -0.39 is 0 Å². The number of nitrogens with one attached hydrogen (secondary N) is 1. The number of esters is 1. The molecule has 0 aromatic carbocycles. The van der Waals surface area contributed by atoms with Gasteiger partial charge in [0.2, 0.25) is 0 Å². The van der Waals surface area contributed by atoms with Crippen molar-refractivity contribution < 1.29 is 9.53 Å². The molecule has 4 saturated carbocycles. The smallest absolute Gasteiger partial charge is 0.305 e. The maximum atomic E-state index is 11.7. The Labute approximate surface area is 190 Å². The lowest BCUT2D eigenvalue weighted by Gasteiger charge is -2.61. The highest BCUT2D eigenvalue weighted by molar-refractivity contribution is 5.69. The molecular formula is C27H48N2O2. The number of ether oxygens (including phenoxy) is 1. The van der Waals surface area contributed by atoms with Crippen molar-refractivity contribution >= 4 is 5.97 Å². The maximum Gasteiger partial charge on any atom is 0.305 e. The summed E-state index contributed by atoms with van der Waals surface area (Å²) < 4.78 is 4.91. The van der Waals surface area contributed by atoms with Crippen molar-refractivity contribution in [2.45, 2.75) is 97.4 Å². The fraction of sp³-hybridized carbons (Fsp3) is 0.963. The maximum absolute atomic E-state index is 11.7. The van der Waals surface area contributed by atoms with E-state index in [4.69, 9.17) is 10.5 Å². The average Bonchev–Trinajstić information content (AvgIpc) is 3.13. The number of rotatable bonds is 7. The Hall–Kier alpha value is -0.610. The Kier molecular flexibility index (Phi) is 7.09. The second-order valence-corrected chi connectivity index (χ2v) is 12.2. The van der Waals surface area contributed by atoms with Gasteiger partial charge < -0.3 is 15.8 Å². The van der Waals surface area contributed by atoms with Crippen molar-refractivity contribution in [1.29, 1.82) is 0 Å². The lowest BCUT2D eigenvalue weighted by atomic mass is 9.44. The molecule has 4 aliphatic rings. The lowest BCUT2D eigenvalue weighted by Crippen LogP contribution is -2.55. The highest BCUT2D eigenvalue weighted by Crippen LogP contribution is 2.68. The first kappa shape index (κ1) is 23.5. The van der Waals surface area contributed by atoms with E-state index in [0.717, 1.165) is 49.1 Å². The standard InChI is InChI=1S/C27H48N2O2/c1-18(5-10-25(30)31-4)22-8-9-23-21-7-6-19-17-20(29-16-15-28)11-13-26(19,2)24(21)12-14-27(22,23)3/h18-24,29H,5-17,28H2,1-4H3/t18-,19?,20?,21?,22?,23?,24?,26?,27?/m1/s1. The zero-order valence-corrected chi connectivity index (χ0v) is 20.6. The van der Waals surface area contributed by atoms with Crippen LogP contribution in [0.3, 0.4) is 0 Å². The SMILES string of the molecule is COC(=O)CC[C@@H](C)C1CCC2C3CCC4CC(NCCN)CCC4(C)C3CCC21C. The van der Waals surface area contributed by atoms with Crippen LogP contribution in [0.5, 0.6) is 0 Å². The third-order valence-electron chi connectivity index (χ3n) is 11.0. The second-order valence-electron chi connectivity index (χ2n) is 12.2. The summed E-state index contributed by atoms with van der Waals surface area (Å²) in [5, 5.41) is 3.72. The molecule has 8 unspecified atom stereocenters. The van der Waals surface area contributed by atoms with Gasteiger partial charge >= 0.3 is 5.97 Å². The number of fused-ring (bicyclic) bond motifs is 5. The van der Waals surface area contributed by atoms with Gasteiger partial charge in [0, 0.05) is 25.6 Å². The predicted octanol–water partition coefficient (Wildman–Crippen LogP) is 5.15. The van der Waals surface area contributed by atoms with Crippen LogP contribution in [0.4, 0.5) is 0 Å². The molecule has 4 aliphatic carbocycles. The summed E-state index contributed by atoms with van der Waals surface area (Å²) in [7, 11) is 1.51. The zero-order chi connectivity index (χ0) is 22.2. The van der Waals surface area contributed by atoms with Crippen LogP contribution in [0, 0.1) is 46.3 Å². The molecule has 0 bridgehead atoms. The number of carbonyl (C=O) groups is 1. The van der Waals surface area contributed by atoms with Gasteiger partial charge in [-0.3, -0.25) is 4.79 Å². The van der Waals surface area contributed by atoms with Gasteiger partial charge in [0.05, 0.1) is 7.11 Å². The van der Waals surface area contributed by atoms with E-state index in [2.05, 4.69) is 26.1 Å². The second kappa shape index (κ2) is 9.33. The number of hydrogen-bond donors (Lipinski definition) is 2. The Morgan fingerprint density at radius 1 is 1.06 bits per heavy atom. The zero-order valence-electron chi connectivity index (χ0n) is 20.6. The molecule has 31 heavy (non-hydrogen) atoms. The topological polar surface area (TPSA) is 64.3 Å². The first-order chi connectivity index (χ1) is 14.8. The van der Waals surface area contributed by atoms with E-state index in [0.29, 0.717) is 29.2 Å². The first-order valence-electron chi connectivity index (χ1n) is 13.3. The van der Waals surface area contributed by atoms with E-state index in [1.54, 1.807) is 0 Å². The van der Waals surface area contributed by atoms with Crippen LogP contribution in [-0.2, 0) is 9.53 Å². The third kappa shape index (κ3) is 4.21. The first-order valence-corrected chi connectivity index (χ1v) is 13.3. The fourth-order valence-electron chi connectivity index (χ4n) is 9.35. The summed E-state index contributed by atoms with van der Waals surface area (Å²) in [6, 6.07) is 0.693. The molecule has 0 aromatic heterocycles. The van der Waals surface area contributed by atoms with Gasteiger partial charge in [-0.15, -0.1) is 0 Å². The molecule has 0 saturated heterocycles. The number of carbonyl (C=O) groups excluding carboxylic acids is 1. The van der Waals surface area contributed by atoms with Crippen LogP contribution < -0.4 is 11.1 Å². The Bertz CT molecular complexity index is 639. The summed E-state index contributed by atoms with van der Waals surface area (Å²) in [5.41, 5.74) is 6.78. The molecule has 4 heteroatoms. The number of methoxy groups -OCH3 is 1. The normalized spacial score (nSPS) is 45.3. The largest absolute Gasteiger partial charge is 0.469 e. The molecule has 0 spiro atoms. The van der Waals surface area contributed by atoms with Crippen LogP contribution in [0.1, 0.15) is 91.4 Å². The minimum Gasteiger partial charge on any atom is -0.469 e.